The number of nitrogens with zero attached hydrogens (tertiary/aromatic N) is 1. The van der Waals surface area contributed by atoms with Crippen molar-refractivity contribution in [1.82, 2.24) is 4.90 Å². The van der Waals surface area contributed by atoms with Gasteiger partial charge in [-0.25, -0.2) is 0 Å². The summed E-state index contributed by atoms with van der Waals surface area (Å²) >= 11 is 0. The lowest BCUT2D eigenvalue weighted by Crippen LogP contribution is -2.44. The highest BCUT2D eigenvalue weighted by Crippen LogP contribution is 2.37. The van der Waals surface area contributed by atoms with Crippen LogP contribution < -0.4 is 0 Å². The molecule has 0 aromatic carbocycles. The average molecular weight is 159 g/mol. The predicted octanol–water partition coefficient (Wildman–Crippen LogP) is 0.541. The van der Waals surface area contributed by atoms with Gasteiger partial charge in [0.05, 0.1) is 13.2 Å². The van der Waals surface area contributed by atoms with Crippen molar-refractivity contribution in [3.63, 3.8) is 0 Å². The molecule has 2 heterocycles. The molecule has 2 aliphatic heterocycles. The van der Waals surface area contributed by atoms with E-state index in [2.05, 4.69) is 14.1 Å². The van der Waals surface area contributed by atoms with E-state index in [0.29, 0.717) is 5.41 Å². The van der Waals surface area contributed by atoms with Crippen LogP contribution in [0.25, 0.3) is 0 Å². The van der Waals surface area contributed by atoms with Crippen LogP contribution in [0, 0.1) is 5.41 Å². The van der Waals surface area contributed by atoms with Gasteiger partial charge in [0.2, 0.25) is 0 Å². The zero-order valence-corrected chi connectivity index (χ0v) is 7.33. The highest BCUT2D eigenvalue weighted by atomic mass is 31.0. The molecule has 0 radical (unpaired) electrons. The minimum absolute atomic E-state index is 0.580. The average Bonchev–Trinajstić information content (AvgIpc) is 2.29. The zero-order chi connectivity index (χ0) is 7.03. The van der Waals surface area contributed by atoms with Crippen molar-refractivity contribution in [1.29, 1.82) is 0 Å². The van der Waals surface area contributed by atoms with Crippen LogP contribution in [0.2, 0.25) is 0 Å². The minimum Gasteiger partial charge on any atom is -0.380 e. The number of ether oxygens (including phenoxy) is 1. The largest absolute Gasteiger partial charge is 0.380 e. The van der Waals surface area contributed by atoms with Crippen LogP contribution in [0.4, 0.5) is 0 Å². The zero-order valence-electron chi connectivity index (χ0n) is 6.18. The third-order valence-electron chi connectivity index (χ3n) is 2.59. The Morgan fingerprint density at radius 1 is 1.50 bits per heavy atom. The molecule has 1 spiro atoms. The summed E-state index contributed by atoms with van der Waals surface area (Å²) in [5.41, 5.74) is 0.580. The van der Waals surface area contributed by atoms with E-state index in [1.807, 2.05) is 0 Å². The molecule has 0 aliphatic carbocycles. The molecule has 0 aromatic rings. The first kappa shape index (κ1) is 7.02. The lowest BCUT2D eigenvalue weighted by atomic mass is 9.85. The lowest BCUT2D eigenvalue weighted by Gasteiger charge is -2.37. The van der Waals surface area contributed by atoms with E-state index in [-0.39, 0.29) is 0 Å². The van der Waals surface area contributed by atoms with Gasteiger partial charge in [0.1, 0.15) is 0 Å². The molecular weight excluding hydrogens is 145 g/mol. The van der Waals surface area contributed by atoms with Gasteiger partial charge in [0.15, 0.2) is 0 Å². The Hall–Kier alpha value is 0.350. The number of hydrogen-bond acceptors (Lipinski definition) is 2. The maximum Gasteiger partial charge on any atom is 0.0557 e. The third-order valence-corrected chi connectivity index (χ3v) is 3.11. The summed E-state index contributed by atoms with van der Waals surface area (Å²) in [4.78, 5) is 2.48. The SMILES string of the molecule is PCN1CCC2(COC2)C1. The van der Waals surface area contributed by atoms with E-state index in [1.54, 1.807) is 0 Å². The fourth-order valence-electron chi connectivity index (χ4n) is 1.81. The summed E-state index contributed by atoms with van der Waals surface area (Å²) in [5.74, 6) is 0. The quantitative estimate of drug-likeness (QED) is 0.518. The van der Waals surface area contributed by atoms with Gasteiger partial charge in [-0.15, -0.1) is 9.24 Å². The second-order valence-corrected chi connectivity index (χ2v) is 3.84. The van der Waals surface area contributed by atoms with Crippen molar-refractivity contribution >= 4 is 9.24 Å². The molecule has 10 heavy (non-hydrogen) atoms. The van der Waals surface area contributed by atoms with Gasteiger partial charge < -0.3 is 4.74 Å². The highest BCUT2D eigenvalue weighted by Gasteiger charge is 2.43. The molecule has 0 N–H and O–H groups in total. The van der Waals surface area contributed by atoms with E-state index < -0.39 is 0 Å². The molecular formula is C7H14NOP. The molecule has 0 saturated carbocycles. The Morgan fingerprint density at radius 3 is 2.60 bits per heavy atom. The Morgan fingerprint density at radius 2 is 2.30 bits per heavy atom. The van der Waals surface area contributed by atoms with Crippen molar-refractivity contribution in [2.75, 3.05) is 32.6 Å². The number of rotatable bonds is 1. The summed E-state index contributed by atoms with van der Waals surface area (Å²) in [7, 11) is 2.78. The van der Waals surface area contributed by atoms with Gasteiger partial charge in [0.25, 0.3) is 0 Å². The van der Waals surface area contributed by atoms with Crippen molar-refractivity contribution in [2.24, 2.45) is 5.41 Å². The van der Waals surface area contributed by atoms with Crippen molar-refractivity contribution in [3.05, 3.63) is 0 Å². The molecule has 0 bridgehead atoms. The van der Waals surface area contributed by atoms with Gasteiger partial charge in [-0.3, -0.25) is 4.90 Å². The Labute approximate surface area is 64.1 Å². The maximum atomic E-state index is 5.22. The van der Waals surface area contributed by atoms with Crippen LogP contribution in [-0.2, 0) is 4.74 Å². The van der Waals surface area contributed by atoms with Crippen LogP contribution in [0.5, 0.6) is 0 Å². The summed E-state index contributed by atoms with van der Waals surface area (Å²) in [6, 6.07) is 0. The van der Waals surface area contributed by atoms with Crippen molar-refractivity contribution in [2.45, 2.75) is 6.42 Å². The van der Waals surface area contributed by atoms with Gasteiger partial charge in [-0.1, -0.05) is 0 Å². The topological polar surface area (TPSA) is 12.5 Å². The van der Waals surface area contributed by atoms with Gasteiger partial charge in [0, 0.05) is 18.2 Å². The van der Waals surface area contributed by atoms with E-state index in [1.165, 1.54) is 19.5 Å². The molecule has 2 aliphatic rings. The maximum absolute atomic E-state index is 5.22. The summed E-state index contributed by atoms with van der Waals surface area (Å²) in [5, 5.41) is 0. The molecule has 2 rings (SSSR count). The van der Waals surface area contributed by atoms with Gasteiger partial charge >= 0.3 is 0 Å². The first-order chi connectivity index (χ1) is 4.85. The minimum atomic E-state index is 0.580. The Kier molecular flexibility index (Phi) is 1.71. The smallest absolute Gasteiger partial charge is 0.0557 e. The van der Waals surface area contributed by atoms with E-state index in [0.717, 1.165) is 19.5 Å². The number of likely N-dealkylation sites (tertiary alicyclic amines) is 1. The predicted molar refractivity (Wildman–Crippen MR) is 44.0 cm³/mol. The molecule has 58 valence electrons. The van der Waals surface area contributed by atoms with Crippen molar-refractivity contribution < 1.29 is 4.74 Å². The van der Waals surface area contributed by atoms with E-state index in [9.17, 15) is 0 Å². The third kappa shape index (κ3) is 0.990. The molecule has 2 saturated heterocycles. The summed E-state index contributed by atoms with van der Waals surface area (Å²) in [6.45, 7) is 4.55. The first-order valence-corrected chi connectivity index (χ1v) is 4.66. The first-order valence-electron chi connectivity index (χ1n) is 3.85. The standard InChI is InChI=1S/C7H14NOP/c10-6-8-2-1-7(3-8)4-9-5-7/h1-6,10H2. The van der Waals surface area contributed by atoms with Crippen LogP contribution in [0.15, 0.2) is 0 Å². The molecule has 3 heteroatoms. The molecule has 0 aromatic heterocycles. The van der Waals surface area contributed by atoms with E-state index in [4.69, 9.17) is 4.74 Å². The number of hydrogen-bond donors (Lipinski definition) is 0. The van der Waals surface area contributed by atoms with Crippen LogP contribution in [0.1, 0.15) is 6.42 Å². The molecule has 0 amide bonds. The second-order valence-electron chi connectivity index (χ2n) is 3.48. The normalized spacial score (nSPS) is 30.9. The van der Waals surface area contributed by atoms with E-state index >= 15 is 0 Å². The Bertz CT molecular complexity index is 136. The molecule has 2 fully saturated rings. The van der Waals surface area contributed by atoms with Gasteiger partial charge in [-0.2, -0.15) is 0 Å². The lowest BCUT2D eigenvalue weighted by molar-refractivity contribution is -0.104. The van der Waals surface area contributed by atoms with Crippen LogP contribution >= 0.6 is 9.24 Å². The summed E-state index contributed by atoms with van der Waals surface area (Å²) < 4.78 is 5.22. The Balaban J connectivity index is 1.92. The van der Waals surface area contributed by atoms with Crippen LogP contribution in [-0.4, -0.2) is 37.5 Å². The van der Waals surface area contributed by atoms with Gasteiger partial charge in [-0.05, 0) is 13.0 Å². The molecule has 1 atom stereocenters. The fourth-order valence-corrected chi connectivity index (χ4v) is 2.12. The van der Waals surface area contributed by atoms with Crippen molar-refractivity contribution in [3.8, 4) is 0 Å². The highest BCUT2D eigenvalue weighted by molar-refractivity contribution is 7.16. The summed E-state index contributed by atoms with van der Waals surface area (Å²) in [6.07, 6.45) is 2.48. The van der Waals surface area contributed by atoms with Crippen LogP contribution in [0.3, 0.4) is 0 Å². The molecule has 2 nitrogen and oxygen atoms in total. The molecule has 1 unspecified atom stereocenters. The monoisotopic (exact) mass is 159 g/mol. The fraction of sp³-hybridized carbons (Fsp3) is 1.00. The second kappa shape index (κ2) is 2.44.